The fourth-order valence-electron chi connectivity index (χ4n) is 8.32. The van der Waals surface area contributed by atoms with Gasteiger partial charge in [0.15, 0.2) is 5.82 Å². The van der Waals surface area contributed by atoms with Crippen LogP contribution in [-0.2, 0) is 5.41 Å². The second kappa shape index (κ2) is 12.6. The van der Waals surface area contributed by atoms with Crippen LogP contribution in [0.25, 0.3) is 78.1 Å². The highest BCUT2D eigenvalue weighted by Gasteiger charge is 2.40. The van der Waals surface area contributed by atoms with E-state index in [4.69, 9.17) is 9.97 Å². The monoisotopic (exact) mass is 654 g/mol. The zero-order valence-corrected chi connectivity index (χ0v) is 29.0. The molecule has 8 aromatic rings. The molecule has 0 fully saturated rings. The van der Waals surface area contributed by atoms with Crippen LogP contribution in [0.3, 0.4) is 0 Å². The van der Waals surface area contributed by atoms with Gasteiger partial charge in [-0.3, -0.25) is 0 Å². The summed E-state index contributed by atoms with van der Waals surface area (Å²) in [7, 11) is 0. The topological polar surface area (TPSA) is 25.8 Å². The summed E-state index contributed by atoms with van der Waals surface area (Å²) in [5.41, 5.74) is 15.7. The van der Waals surface area contributed by atoms with E-state index in [2.05, 4.69) is 159 Å². The minimum Gasteiger partial charge on any atom is -0.228 e. The van der Waals surface area contributed by atoms with E-state index in [-0.39, 0.29) is 5.41 Å². The van der Waals surface area contributed by atoms with Gasteiger partial charge in [0, 0.05) is 22.1 Å². The van der Waals surface area contributed by atoms with Gasteiger partial charge in [-0.2, -0.15) is 0 Å². The highest BCUT2D eigenvalue weighted by molar-refractivity contribution is 6.05. The third-order valence-electron chi connectivity index (χ3n) is 11.0. The Balaban J connectivity index is 1.11. The van der Waals surface area contributed by atoms with Gasteiger partial charge < -0.3 is 0 Å². The van der Waals surface area contributed by atoms with Gasteiger partial charge in [0.25, 0.3) is 0 Å². The quantitative estimate of drug-likeness (QED) is 0.171. The van der Waals surface area contributed by atoms with Gasteiger partial charge in [0.1, 0.15) is 0 Å². The molecule has 0 saturated carbocycles. The number of hydrogen-bond donors (Lipinski definition) is 0. The smallest absolute Gasteiger partial charge is 0.160 e. The molecular formula is C49H38N2. The molecule has 1 aliphatic carbocycles. The van der Waals surface area contributed by atoms with Crippen LogP contribution >= 0.6 is 0 Å². The molecule has 0 saturated heterocycles. The second-order valence-electron chi connectivity index (χ2n) is 13.6. The molecule has 1 aromatic heterocycles. The molecule has 9 rings (SSSR count). The van der Waals surface area contributed by atoms with Crippen molar-refractivity contribution in [1.29, 1.82) is 0 Å². The summed E-state index contributed by atoms with van der Waals surface area (Å²) in [4.78, 5) is 10.2. The molecule has 1 heterocycles. The molecule has 0 spiro atoms. The van der Waals surface area contributed by atoms with Crippen LogP contribution in [0.15, 0.2) is 170 Å². The highest BCUT2D eigenvalue weighted by atomic mass is 14.9. The van der Waals surface area contributed by atoms with E-state index in [1.807, 2.05) is 24.3 Å². The zero-order valence-electron chi connectivity index (χ0n) is 29.0. The molecule has 0 bridgehead atoms. The Morgan fingerprint density at radius 2 is 0.902 bits per heavy atom. The lowest BCUT2D eigenvalue weighted by atomic mass is 9.73. The number of nitrogens with zero attached hydrogens (tertiary/aromatic N) is 2. The van der Waals surface area contributed by atoms with Crippen molar-refractivity contribution in [3.8, 4) is 67.3 Å². The summed E-state index contributed by atoms with van der Waals surface area (Å²) >= 11 is 0. The lowest BCUT2D eigenvalue weighted by molar-refractivity contribution is 0.490. The molecule has 0 aliphatic heterocycles. The van der Waals surface area contributed by atoms with E-state index in [1.165, 1.54) is 55.3 Å². The zero-order chi connectivity index (χ0) is 34.4. The summed E-state index contributed by atoms with van der Waals surface area (Å²) in [6, 6.07) is 61.1. The van der Waals surface area contributed by atoms with Gasteiger partial charge in [-0.15, -0.1) is 0 Å². The van der Waals surface area contributed by atoms with Crippen molar-refractivity contribution in [1.82, 2.24) is 9.97 Å². The van der Waals surface area contributed by atoms with Crippen LogP contribution in [0, 0.1) is 0 Å². The summed E-state index contributed by atoms with van der Waals surface area (Å²) < 4.78 is 0. The summed E-state index contributed by atoms with van der Waals surface area (Å²) in [5.74, 6) is 0.723. The molecule has 0 atom stereocenters. The van der Waals surface area contributed by atoms with Gasteiger partial charge in [-0.1, -0.05) is 172 Å². The van der Waals surface area contributed by atoms with Gasteiger partial charge in [0.2, 0.25) is 0 Å². The Morgan fingerprint density at radius 3 is 1.63 bits per heavy atom. The minimum atomic E-state index is 0.0654. The maximum Gasteiger partial charge on any atom is 0.160 e. The third kappa shape index (κ3) is 5.18. The Hall–Kier alpha value is -6.12. The number of rotatable bonds is 7. The van der Waals surface area contributed by atoms with E-state index >= 15 is 0 Å². The first-order valence-electron chi connectivity index (χ1n) is 18.0. The summed E-state index contributed by atoms with van der Waals surface area (Å²) in [5, 5.41) is 2.37. The van der Waals surface area contributed by atoms with Crippen LogP contribution in [0.4, 0.5) is 0 Å². The normalized spacial score (nSPS) is 12.8. The molecule has 7 aromatic carbocycles. The van der Waals surface area contributed by atoms with Crippen LogP contribution in [0.2, 0.25) is 0 Å². The summed E-state index contributed by atoms with van der Waals surface area (Å²) in [6.07, 6.45) is 2.18. The predicted octanol–water partition coefficient (Wildman–Crippen LogP) is 13.1. The molecule has 0 amide bonds. The van der Waals surface area contributed by atoms with Crippen molar-refractivity contribution < 1.29 is 0 Å². The predicted molar refractivity (Wildman–Crippen MR) is 214 cm³/mol. The number of fused-ring (bicyclic) bond motifs is 4. The highest BCUT2D eigenvalue weighted by Crippen LogP contribution is 2.53. The van der Waals surface area contributed by atoms with Crippen molar-refractivity contribution in [3.63, 3.8) is 0 Å². The molecule has 2 nitrogen and oxygen atoms in total. The fraction of sp³-hybridized carbons (Fsp3) is 0.102. The van der Waals surface area contributed by atoms with Crippen molar-refractivity contribution >= 4 is 10.8 Å². The lowest BCUT2D eigenvalue weighted by Crippen LogP contribution is -2.23. The van der Waals surface area contributed by atoms with Crippen molar-refractivity contribution in [3.05, 3.63) is 181 Å². The number of aromatic nitrogens is 2. The number of hydrogen-bond acceptors (Lipinski definition) is 2. The second-order valence-corrected chi connectivity index (χ2v) is 13.6. The van der Waals surface area contributed by atoms with Crippen LogP contribution in [0.5, 0.6) is 0 Å². The molecule has 0 N–H and O–H groups in total. The first-order chi connectivity index (χ1) is 25.2. The SMILES string of the molecule is CCC1(CC)c2ccccc2-c2ccc(-c3ccc(-c4ccc(-c5cc(-c6ccccc6)nc(-c6ccccc6)n5)c5ccccc45)cc3)cc21. The van der Waals surface area contributed by atoms with Gasteiger partial charge >= 0.3 is 0 Å². The van der Waals surface area contributed by atoms with Crippen molar-refractivity contribution in [2.75, 3.05) is 0 Å². The molecule has 0 unspecified atom stereocenters. The standard InChI is InChI=1S/C49H38N2/c1-3-49(4-2)44-22-14-13-21-41(44)42-28-27-37(31-45(42)49)33-23-25-34(26-24-33)38-29-30-43(40-20-12-11-19-39(38)40)47-32-46(35-15-7-5-8-16-35)50-48(51-47)36-17-9-6-10-18-36/h5-32H,3-4H2,1-2H3. The third-order valence-corrected chi connectivity index (χ3v) is 11.0. The number of benzene rings is 7. The average molecular weight is 655 g/mol. The average Bonchev–Trinajstić information content (AvgIpc) is 3.50. The first-order valence-corrected chi connectivity index (χ1v) is 18.0. The summed E-state index contributed by atoms with van der Waals surface area (Å²) in [6.45, 7) is 4.67. The largest absolute Gasteiger partial charge is 0.228 e. The van der Waals surface area contributed by atoms with E-state index in [0.29, 0.717) is 0 Å². The van der Waals surface area contributed by atoms with Crippen LogP contribution < -0.4 is 0 Å². The molecule has 2 heteroatoms. The first kappa shape index (κ1) is 30.9. The van der Waals surface area contributed by atoms with Crippen LogP contribution in [0.1, 0.15) is 37.8 Å². The molecule has 0 radical (unpaired) electrons. The molecule has 51 heavy (non-hydrogen) atoms. The van der Waals surface area contributed by atoms with E-state index in [1.54, 1.807) is 0 Å². The van der Waals surface area contributed by atoms with Crippen molar-refractivity contribution in [2.24, 2.45) is 0 Å². The fourth-order valence-corrected chi connectivity index (χ4v) is 8.32. The van der Waals surface area contributed by atoms with Crippen LogP contribution in [-0.4, -0.2) is 9.97 Å². The Bertz CT molecular complexity index is 2470. The van der Waals surface area contributed by atoms with Gasteiger partial charge in [-0.05, 0) is 80.3 Å². The van der Waals surface area contributed by atoms with E-state index in [0.717, 1.165) is 46.7 Å². The Morgan fingerprint density at radius 1 is 0.373 bits per heavy atom. The molecule has 244 valence electrons. The molecule has 1 aliphatic rings. The van der Waals surface area contributed by atoms with Gasteiger partial charge in [0.05, 0.1) is 11.4 Å². The molecular weight excluding hydrogens is 617 g/mol. The maximum atomic E-state index is 5.15. The van der Waals surface area contributed by atoms with Gasteiger partial charge in [-0.25, -0.2) is 9.97 Å². The van der Waals surface area contributed by atoms with E-state index < -0.39 is 0 Å². The Labute approximate surface area is 300 Å². The Kier molecular flexibility index (Phi) is 7.66. The van der Waals surface area contributed by atoms with E-state index in [9.17, 15) is 0 Å². The lowest BCUT2D eigenvalue weighted by Gasteiger charge is -2.30. The minimum absolute atomic E-state index is 0.0654. The van der Waals surface area contributed by atoms with Crippen molar-refractivity contribution in [2.45, 2.75) is 32.1 Å². The maximum absolute atomic E-state index is 5.15.